The minimum absolute atomic E-state index is 0.0847. The molecule has 5 rings (SSSR count). The summed E-state index contributed by atoms with van der Waals surface area (Å²) in [4.78, 5) is 5.01. The first kappa shape index (κ1) is 22.7. The first-order valence-electron chi connectivity index (χ1n) is 11.1. The Hall–Kier alpha value is -3.08. The monoisotopic (exact) mass is 494 g/mol. The highest BCUT2D eigenvalue weighted by Crippen LogP contribution is 2.29. The molecular weight excluding hydrogens is 471 g/mol. The van der Waals surface area contributed by atoms with Gasteiger partial charge in [0.1, 0.15) is 13.7 Å². The van der Waals surface area contributed by atoms with E-state index in [-0.39, 0.29) is 10.9 Å². The third-order valence-corrected chi connectivity index (χ3v) is 8.32. The number of nitrogen functional groups attached to an aromatic ring is 1. The highest BCUT2D eigenvalue weighted by atomic mass is 35.5. The van der Waals surface area contributed by atoms with Crippen molar-refractivity contribution >= 4 is 52.1 Å². The molecule has 1 aliphatic rings. The van der Waals surface area contributed by atoms with Crippen molar-refractivity contribution in [2.75, 3.05) is 24.1 Å². The standard InChI is InChI=1S/C23H24BClN6O2S/c24-19-14-27-31-22(13-21(29-23(19)31)18-6-1-2-7-20(18)25)28-16-8-10-30(11-9-16)34(32,33)17-5-3-4-15(26)12-17/h1-7,12-14,16,28H,8-11,24,26H2. The molecular formula is C23H24BClN6O2S. The molecule has 1 fully saturated rings. The number of nitrogens with two attached hydrogens (primary N) is 1. The molecule has 34 heavy (non-hydrogen) atoms. The molecule has 0 amide bonds. The maximum Gasteiger partial charge on any atom is 0.243 e. The number of sulfonamides is 1. The molecule has 2 aromatic heterocycles. The van der Waals surface area contributed by atoms with E-state index >= 15 is 0 Å². The number of fused-ring (bicyclic) bond motifs is 1. The molecule has 1 saturated heterocycles. The Kier molecular flexibility index (Phi) is 5.97. The van der Waals surface area contributed by atoms with E-state index in [1.165, 1.54) is 10.4 Å². The van der Waals surface area contributed by atoms with Crippen LogP contribution in [0.2, 0.25) is 5.02 Å². The molecule has 0 bridgehead atoms. The zero-order valence-corrected chi connectivity index (χ0v) is 20.2. The van der Waals surface area contributed by atoms with Crippen molar-refractivity contribution in [1.29, 1.82) is 0 Å². The number of rotatable bonds is 5. The Labute approximate surface area is 204 Å². The molecule has 0 radical (unpaired) electrons. The SMILES string of the molecule is Bc1cnn2c(NC3CCN(S(=O)(=O)c4cccc(N)c4)CC3)cc(-c3ccccc3Cl)nc12. The Bertz CT molecular complexity index is 1470. The van der Waals surface area contributed by atoms with E-state index in [0.29, 0.717) is 36.6 Å². The first-order valence-corrected chi connectivity index (χ1v) is 12.9. The summed E-state index contributed by atoms with van der Waals surface area (Å²) in [7, 11) is -1.61. The summed E-state index contributed by atoms with van der Waals surface area (Å²) in [5.74, 6) is 0.796. The first-order chi connectivity index (χ1) is 16.3. The summed E-state index contributed by atoms with van der Waals surface area (Å²) < 4.78 is 29.4. The second kappa shape index (κ2) is 8.94. The summed E-state index contributed by atoms with van der Waals surface area (Å²) in [5.41, 5.74) is 9.53. The van der Waals surface area contributed by atoms with Crippen molar-refractivity contribution in [3.63, 3.8) is 0 Å². The normalized spacial score (nSPS) is 15.6. The van der Waals surface area contributed by atoms with Gasteiger partial charge in [0.25, 0.3) is 0 Å². The van der Waals surface area contributed by atoms with E-state index in [9.17, 15) is 8.42 Å². The lowest BCUT2D eigenvalue weighted by atomic mass is 10.0. The second-order valence-corrected chi connectivity index (χ2v) is 10.8. The molecule has 3 N–H and O–H groups in total. The van der Waals surface area contributed by atoms with Crippen LogP contribution in [0.4, 0.5) is 11.5 Å². The van der Waals surface area contributed by atoms with Gasteiger partial charge in [0.2, 0.25) is 10.0 Å². The quantitative estimate of drug-likeness (QED) is 0.325. The average Bonchev–Trinajstić information content (AvgIpc) is 3.21. The Morgan fingerprint density at radius 1 is 1.09 bits per heavy atom. The van der Waals surface area contributed by atoms with Gasteiger partial charge in [-0.1, -0.05) is 35.9 Å². The molecule has 0 saturated carbocycles. The Morgan fingerprint density at radius 3 is 2.59 bits per heavy atom. The summed E-state index contributed by atoms with van der Waals surface area (Å²) in [6.07, 6.45) is 3.10. The predicted molar refractivity (Wildman–Crippen MR) is 138 cm³/mol. The number of nitrogens with zero attached hydrogens (tertiary/aromatic N) is 4. The zero-order valence-electron chi connectivity index (χ0n) is 18.6. The van der Waals surface area contributed by atoms with E-state index in [4.69, 9.17) is 22.3 Å². The molecule has 3 heterocycles. The lowest BCUT2D eigenvalue weighted by molar-refractivity contribution is 0.329. The number of hydrogen-bond acceptors (Lipinski definition) is 6. The molecule has 0 atom stereocenters. The lowest BCUT2D eigenvalue weighted by Gasteiger charge is -2.32. The molecule has 0 aliphatic carbocycles. The number of piperidine rings is 1. The van der Waals surface area contributed by atoms with Crippen molar-refractivity contribution in [2.24, 2.45) is 0 Å². The number of anilines is 2. The van der Waals surface area contributed by atoms with Gasteiger partial charge in [-0.3, -0.25) is 0 Å². The van der Waals surface area contributed by atoms with Crippen molar-refractivity contribution in [3.8, 4) is 11.3 Å². The molecule has 1 aliphatic heterocycles. The van der Waals surface area contributed by atoms with Crippen LogP contribution in [0.15, 0.2) is 65.7 Å². The maximum atomic E-state index is 13.0. The highest BCUT2D eigenvalue weighted by Gasteiger charge is 2.30. The van der Waals surface area contributed by atoms with E-state index in [2.05, 4.69) is 10.4 Å². The number of aromatic nitrogens is 3. The van der Waals surface area contributed by atoms with Gasteiger partial charge in [-0.15, -0.1) is 0 Å². The topological polar surface area (TPSA) is 106 Å². The summed E-state index contributed by atoms with van der Waals surface area (Å²) in [6.45, 7) is 0.830. The van der Waals surface area contributed by atoms with Crippen molar-refractivity contribution < 1.29 is 8.42 Å². The van der Waals surface area contributed by atoms with Crippen LogP contribution in [0.5, 0.6) is 0 Å². The molecule has 4 aromatic rings. The number of hydrogen-bond donors (Lipinski definition) is 2. The van der Waals surface area contributed by atoms with Gasteiger partial charge in [-0.05, 0) is 42.6 Å². The molecule has 8 nitrogen and oxygen atoms in total. The molecule has 11 heteroatoms. The maximum absolute atomic E-state index is 13.0. The predicted octanol–water partition coefficient (Wildman–Crippen LogP) is 2.16. The Morgan fingerprint density at radius 2 is 1.85 bits per heavy atom. The molecule has 0 spiro atoms. The van der Waals surface area contributed by atoms with E-state index in [1.54, 1.807) is 28.9 Å². The van der Waals surface area contributed by atoms with Crippen LogP contribution in [-0.4, -0.2) is 54.3 Å². The van der Waals surface area contributed by atoms with Gasteiger partial charge in [-0.2, -0.15) is 13.9 Å². The third kappa shape index (κ3) is 4.24. The largest absolute Gasteiger partial charge is 0.399 e. The second-order valence-electron chi connectivity index (χ2n) is 8.46. The molecule has 0 unspecified atom stereocenters. The van der Waals surface area contributed by atoms with Crippen molar-refractivity contribution in [3.05, 3.63) is 65.8 Å². The van der Waals surface area contributed by atoms with Crippen molar-refractivity contribution in [1.82, 2.24) is 18.9 Å². The van der Waals surface area contributed by atoms with Crippen LogP contribution in [0.3, 0.4) is 0 Å². The summed E-state index contributed by atoms with van der Waals surface area (Å²) in [5, 5.41) is 8.67. The van der Waals surface area contributed by atoms with E-state index < -0.39 is 10.0 Å². The fourth-order valence-corrected chi connectivity index (χ4v) is 6.01. The van der Waals surface area contributed by atoms with Gasteiger partial charge in [0.05, 0.1) is 10.6 Å². The zero-order chi connectivity index (χ0) is 23.9. The van der Waals surface area contributed by atoms with Gasteiger partial charge in [0, 0.05) is 47.7 Å². The number of benzene rings is 2. The van der Waals surface area contributed by atoms with Crippen LogP contribution in [0.25, 0.3) is 16.9 Å². The third-order valence-electron chi connectivity index (χ3n) is 6.10. The van der Waals surface area contributed by atoms with Crippen molar-refractivity contribution in [2.45, 2.75) is 23.8 Å². The van der Waals surface area contributed by atoms with Gasteiger partial charge in [-0.25, -0.2) is 13.4 Å². The van der Waals surface area contributed by atoms with Gasteiger partial charge >= 0.3 is 0 Å². The Balaban J connectivity index is 1.38. The van der Waals surface area contributed by atoms with E-state index in [1.807, 2.05) is 38.2 Å². The molecule has 174 valence electrons. The van der Waals surface area contributed by atoms with Crippen LogP contribution >= 0.6 is 11.6 Å². The highest BCUT2D eigenvalue weighted by molar-refractivity contribution is 7.89. The average molecular weight is 495 g/mol. The molecule has 2 aromatic carbocycles. The van der Waals surface area contributed by atoms with E-state index in [0.717, 1.165) is 28.2 Å². The smallest absolute Gasteiger partial charge is 0.243 e. The van der Waals surface area contributed by atoms with Gasteiger partial charge < -0.3 is 11.1 Å². The number of halogens is 1. The fraction of sp³-hybridized carbons (Fsp3) is 0.217. The number of nitrogens with one attached hydrogen (secondary N) is 1. The fourth-order valence-electron chi connectivity index (χ4n) is 4.26. The van der Waals surface area contributed by atoms with Crippen LogP contribution in [0, 0.1) is 0 Å². The van der Waals surface area contributed by atoms with Crippen LogP contribution < -0.4 is 16.5 Å². The van der Waals surface area contributed by atoms with Crippen LogP contribution in [-0.2, 0) is 10.0 Å². The van der Waals surface area contributed by atoms with Gasteiger partial charge in [0.15, 0.2) is 5.65 Å². The summed E-state index contributed by atoms with van der Waals surface area (Å²) in [6, 6.07) is 16.1. The van der Waals surface area contributed by atoms with Crippen LogP contribution in [0.1, 0.15) is 12.8 Å². The minimum atomic E-state index is -3.58. The minimum Gasteiger partial charge on any atom is -0.399 e. The summed E-state index contributed by atoms with van der Waals surface area (Å²) >= 11 is 6.43. The lowest BCUT2D eigenvalue weighted by Crippen LogP contribution is -2.42.